The Morgan fingerprint density at radius 1 is 1.38 bits per heavy atom. The summed E-state index contributed by atoms with van der Waals surface area (Å²) in [7, 11) is 1.40. The van der Waals surface area contributed by atoms with Crippen LogP contribution in [0.25, 0.3) is 11.4 Å². The number of aromatic carboxylic acids is 1. The molecule has 0 fully saturated rings. The molecule has 3 rings (SSSR count). The first-order valence-electron chi connectivity index (χ1n) is 8.33. The van der Waals surface area contributed by atoms with Gasteiger partial charge < -0.3 is 15.2 Å². The van der Waals surface area contributed by atoms with Crippen molar-refractivity contribution >= 4 is 28.9 Å². The minimum atomic E-state index is -2.47. The van der Waals surface area contributed by atoms with Crippen LogP contribution in [0, 0.1) is 0 Å². The van der Waals surface area contributed by atoms with Gasteiger partial charge in [0.1, 0.15) is 6.33 Å². The van der Waals surface area contributed by atoms with Crippen LogP contribution >= 0.6 is 11.6 Å². The molecule has 0 aliphatic rings. The van der Waals surface area contributed by atoms with E-state index in [1.54, 1.807) is 18.2 Å². The second kappa shape index (κ2) is 8.20. The molecule has 0 aliphatic heterocycles. The van der Waals surface area contributed by atoms with Crippen molar-refractivity contribution < 1.29 is 38.2 Å². The molecule has 2 N–H and O–H groups in total. The Bertz CT molecular complexity index is 1050. The standard InChI is InChI=1S/C15H13ClN6O3.Zn/c1-22-7-17-14(21-22)8-4-3-5-9(13(8)25-2)18-10-6-11(16)19-20-12(10)15(23)24;/h3-7H,1-2H3,(H,18,19)(H,23,24);/q;+2/i1D3;. The summed E-state index contributed by atoms with van der Waals surface area (Å²) in [4.78, 5) is 15.4. The minimum Gasteiger partial charge on any atom is -0.494 e. The number of carboxylic acid groups (broad SMARTS) is 1. The first-order valence-corrected chi connectivity index (χ1v) is 7.21. The summed E-state index contributed by atoms with van der Waals surface area (Å²) in [6, 6.07) is 6.22. The summed E-state index contributed by atoms with van der Waals surface area (Å²) in [5.41, 5.74) is 0.544. The number of methoxy groups -OCH3 is 1. The molecule has 0 atom stereocenters. The molecule has 0 bridgehead atoms. The molecule has 0 spiro atoms. The molecule has 9 nitrogen and oxygen atoms in total. The predicted molar refractivity (Wildman–Crippen MR) is 90.3 cm³/mol. The molecular weight excluding hydrogens is 413 g/mol. The second-order valence-corrected chi connectivity index (χ2v) is 5.15. The summed E-state index contributed by atoms with van der Waals surface area (Å²) >= 11 is 5.82. The maximum Gasteiger partial charge on any atom is 2.00 e. The number of hydrogen-bond donors (Lipinski definition) is 2. The van der Waals surface area contributed by atoms with Crippen LogP contribution in [-0.2, 0) is 26.5 Å². The third-order valence-electron chi connectivity index (χ3n) is 3.19. The van der Waals surface area contributed by atoms with Crippen molar-refractivity contribution in [2.45, 2.75) is 0 Å². The number of aromatic nitrogens is 5. The largest absolute Gasteiger partial charge is 2.00 e. The van der Waals surface area contributed by atoms with Crippen molar-refractivity contribution in [3.8, 4) is 17.1 Å². The molecule has 0 saturated heterocycles. The molecule has 26 heavy (non-hydrogen) atoms. The zero-order valence-corrected chi connectivity index (χ0v) is 17.2. The molecule has 0 unspecified atom stereocenters. The van der Waals surface area contributed by atoms with Gasteiger partial charge in [-0.1, -0.05) is 17.7 Å². The SMILES string of the molecule is [2H]C([2H])([2H])n1cnc(-c2cccc(Nc3cc(Cl)nnc3C(=O)O)c2OC)n1.[Zn+2]. The third kappa shape index (κ3) is 3.97. The van der Waals surface area contributed by atoms with Crippen LogP contribution in [0.15, 0.2) is 30.6 Å². The van der Waals surface area contributed by atoms with E-state index in [9.17, 15) is 9.90 Å². The van der Waals surface area contributed by atoms with Gasteiger partial charge in [-0.2, -0.15) is 5.10 Å². The van der Waals surface area contributed by atoms with Gasteiger partial charge in [0.15, 0.2) is 22.4 Å². The number of para-hydroxylation sites is 1. The van der Waals surface area contributed by atoms with E-state index in [0.717, 1.165) is 11.0 Å². The smallest absolute Gasteiger partial charge is 0.494 e. The van der Waals surface area contributed by atoms with E-state index in [0.29, 0.717) is 11.3 Å². The fourth-order valence-corrected chi connectivity index (χ4v) is 2.33. The third-order valence-corrected chi connectivity index (χ3v) is 3.37. The minimum absolute atomic E-state index is 0. The van der Waals surface area contributed by atoms with E-state index in [1.807, 2.05) is 0 Å². The first kappa shape index (κ1) is 15.7. The number of nitrogens with zero attached hydrogens (tertiary/aromatic N) is 5. The number of carbonyl (C=O) groups is 1. The number of halogens is 1. The average Bonchev–Trinajstić information content (AvgIpc) is 3.11. The number of ether oxygens (including phenoxy) is 1. The summed E-state index contributed by atoms with van der Waals surface area (Å²) in [5, 5.41) is 23.2. The van der Waals surface area contributed by atoms with Gasteiger partial charge in [0.25, 0.3) is 0 Å². The van der Waals surface area contributed by atoms with Gasteiger partial charge in [-0.05, 0) is 12.1 Å². The summed E-state index contributed by atoms with van der Waals surface area (Å²) < 4.78 is 28.4. The van der Waals surface area contributed by atoms with E-state index in [4.69, 9.17) is 20.5 Å². The van der Waals surface area contributed by atoms with E-state index < -0.39 is 12.9 Å². The Balaban J connectivity index is 0.00000300. The van der Waals surface area contributed by atoms with Crippen LogP contribution in [0.5, 0.6) is 5.75 Å². The van der Waals surface area contributed by atoms with Crippen LogP contribution in [0.2, 0.25) is 5.15 Å². The Kier molecular flexibility index (Phi) is 4.94. The van der Waals surface area contributed by atoms with Crippen LogP contribution in [0.4, 0.5) is 11.4 Å². The number of anilines is 2. The quantitative estimate of drug-likeness (QED) is 0.595. The van der Waals surface area contributed by atoms with Gasteiger partial charge in [-0.3, -0.25) is 4.68 Å². The molecule has 0 aliphatic carbocycles. The first-order chi connectivity index (χ1) is 13.2. The molecule has 2 heterocycles. The van der Waals surface area contributed by atoms with Crippen molar-refractivity contribution in [2.24, 2.45) is 6.98 Å². The van der Waals surface area contributed by atoms with Crippen molar-refractivity contribution in [2.75, 3.05) is 12.4 Å². The van der Waals surface area contributed by atoms with Gasteiger partial charge in [0, 0.05) is 17.2 Å². The normalized spacial score (nSPS) is 12.3. The Labute approximate surface area is 170 Å². The molecular formula is C15H13ClN6O3Zn+2. The fraction of sp³-hybridized carbons (Fsp3) is 0.133. The second-order valence-electron chi connectivity index (χ2n) is 4.76. The van der Waals surface area contributed by atoms with Gasteiger partial charge in [0.2, 0.25) is 0 Å². The molecule has 3 aromatic rings. The Hall–Kier alpha value is -2.58. The molecule has 1 aromatic carbocycles. The van der Waals surface area contributed by atoms with E-state index in [2.05, 4.69) is 25.6 Å². The Morgan fingerprint density at radius 2 is 2.19 bits per heavy atom. The molecule has 128 valence electrons. The number of hydrogen-bond acceptors (Lipinski definition) is 7. The van der Waals surface area contributed by atoms with E-state index >= 15 is 0 Å². The summed E-state index contributed by atoms with van der Waals surface area (Å²) in [6.07, 6.45) is 1.09. The topological polar surface area (TPSA) is 115 Å². The zero-order valence-electron chi connectivity index (χ0n) is 16.5. The van der Waals surface area contributed by atoms with Crippen LogP contribution in [-0.4, -0.2) is 43.1 Å². The molecule has 0 saturated carbocycles. The number of nitrogens with one attached hydrogen (secondary N) is 1. The zero-order chi connectivity index (χ0) is 20.5. The number of rotatable bonds is 5. The maximum atomic E-state index is 11.4. The van der Waals surface area contributed by atoms with Gasteiger partial charge in [0.05, 0.1) is 24.0 Å². The van der Waals surface area contributed by atoms with Gasteiger partial charge in [-0.25, -0.2) is 9.78 Å². The average molecular weight is 429 g/mol. The molecule has 0 amide bonds. The van der Waals surface area contributed by atoms with E-state index in [-0.39, 0.29) is 47.6 Å². The summed E-state index contributed by atoms with van der Waals surface area (Å²) in [6.45, 7) is -2.47. The number of benzene rings is 1. The molecule has 2 aromatic heterocycles. The fourth-order valence-electron chi connectivity index (χ4n) is 2.18. The van der Waals surface area contributed by atoms with Crippen molar-refractivity contribution in [3.05, 3.63) is 41.4 Å². The molecule has 0 radical (unpaired) electrons. The van der Waals surface area contributed by atoms with Gasteiger partial charge >= 0.3 is 25.4 Å². The Morgan fingerprint density at radius 3 is 2.85 bits per heavy atom. The van der Waals surface area contributed by atoms with Crippen LogP contribution in [0.1, 0.15) is 14.6 Å². The van der Waals surface area contributed by atoms with E-state index in [1.165, 1.54) is 13.2 Å². The van der Waals surface area contributed by atoms with Gasteiger partial charge in [-0.15, -0.1) is 10.2 Å². The van der Waals surface area contributed by atoms with Crippen molar-refractivity contribution in [3.63, 3.8) is 0 Å². The number of aryl methyl sites for hydroxylation is 1. The van der Waals surface area contributed by atoms with Crippen LogP contribution in [0.3, 0.4) is 0 Å². The maximum absolute atomic E-state index is 11.4. The molecule has 11 heteroatoms. The summed E-state index contributed by atoms with van der Waals surface area (Å²) in [5.74, 6) is -0.893. The monoisotopic (exact) mass is 427 g/mol. The predicted octanol–water partition coefficient (Wildman–Crippen LogP) is 2.37. The van der Waals surface area contributed by atoms with Crippen molar-refractivity contribution in [1.82, 2.24) is 25.0 Å². The van der Waals surface area contributed by atoms with Crippen molar-refractivity contribution in [1.29, 1.82) is 0 Å². The van der Waals surface area contributed by atoms with Crippen LogP contribution < -0.4 is 10.1 Å². The number of carboxylic acids is 1.